The first-order chi connectivity index (χ1) is 14.6. The second-order valence-corrected chi connectivity index (χ2v) is 8.12. The van der Waals surface area contributed by atoms with Crippen molar-refractivity contribution in [3.63, 3.8) is 0 Å². The molecule has 0 unspecified atom stereocenters. The second-order valence-electron chi connectivity index (χ2n) is 6.70. The molecule has 156 valence electrons. The maximum Gasteiger partial charge on any atom is 0.239 e. The molecule has 1 heterocycles. The molecular weight excluding hydrogens is 414 g/mol. The minimum Gasteiger partial charge on any atom is -0.497 e. The van der Waals surface area contributed by atoms with Crippen LogP contribution in [0.5, 0.6) is 5.75 Å². The Morgan fingerprint density at radius 1 is 0.967 bits per heavy atom. The number of ether oxygens (including phenoxy) is 1. The molecule has 3 aromatic rings. The summed E-state index contributed by atoms with van der Waals surface area (Å²) in [5.41, 5.74) is 2.18. The SMILES string of the molecule is COc1ccc(CNC(=O)CNC(=S)N(Cc2ccccc2)Cc2cccs2)cc1. The van der Waals surface area contributed by atoms with Gasteiger partial charge in [-0.1, -0.05) is 48.5 Å². The summed E-state index contributed by atoms with van der Waals surface area (Å²) in [6, 6.07) is 21.9. The van der Waals surface area contributed by atoms with E-state index in [0.717, 1.165) is 11.3 Å². The number of hydrogen-bond donors (Lipinski definition) is 2. The van der Waals surface area contributed by atoms with E-state index in [1.54, 1.807) is 18.4 Å². The number of thiocarbonyl (C=S) groups is 1. The third-order valence-electron chi connectivity index (χ3n) is 4.48. The molecule has 1 aromatic heterocycles. The van der Waals surface area contributed by atoms with E-state index in [9.17, 15) is 4.79 Å². The van der Waals surface area contributed by atoms with Crippen molar-refractivity contribution >= 4 is 34.6 Å². The maximum absolute atomic E-state index is 12.3. The van der Waals surface area contributed by atoms with Crippen molar-refractivity contribution in [2.75, 3.05) is 13.7 Å². The van der Waals surface area contributed by atoms with Crippen molar-refractivity contribution in [3.8, 4) is 5.75 Å². The van der Waals surface area contributed by atoms with Crippen LogP contribution in [0, 0.1) is 0 Å². The largest absolute Gasteiger partial charge is 0.497 e. The van der Waals surface area contributed by atoms with E-state index in [1.165, 1.54) is 10.4 Å². The van der Waals surface area contributed by atoms with Crippen LogP contribution >= 0.6 is 23.6 Å². The predicted molar refractivity (Wildman–Crippen MR) is 125 cm³/mol. The highest BCUT2D eigenvalue weighted by Gasteiger charge is 2.13. The molecule has 0 radical (unpaired) electrons. The second kappa shape index (κ2) is 11.3. The first-order valence-corrected chi connectivity index (χ1v) is 10.9. The Morgan fingerprint density at radius 2 is 1.73 bits per heavy atom. The molecule has 5 nitrogen and oxygen atoms in total. The van der Waals surface area contributed by atoms with Crippen LogP contribution in [-0.4, -0.2) is 29.6 Å². The Morgan fingerprint density at radius 3 is 2.40 bits per heavy atom. The zero-order chi connectivity index (χ0) is 21.2. The molecule has 30 heavy (non-hydrogen) atoms. The van der Waals surface area contributed by atoms with Gasteiger partial charge in [-0.15, -0.1) is 11.3 Å². The zero-order valence-electron chi connectivity index (χ0n) is 16.8. The number of carbonyl (C=O) groups excluding carboxylic acids is 1. The predicted octanol–water partition coefficient (Wildman–Crippen LogP) is 3.95. The summed E-state index contributed by atoms with van der Waals surface area (Å²) in [5.74, 6) is 0.685. The van der Waals surface area contributed by atoms with E-state index in [4.69, 9.17) is 17.0 Å². The molecule has 0 atom stereocenters. The molecule has 0 fully saturated rings. The molecular formula is C23H25N3O2S2. The number of hydrogen-bond acceptors (Lipinski definition) is 4. The van der Waals surface area contributed by atoms with Crippen LogP contribution in [-0.2, 0) is 24.4 Å². The van der Waals surface area contributed by atoms with Gasteiger partial charge in [-0.3, -0.25) is 4.79 Å². The molecule has 0 aliphatic rings. The van der Waals surface area contributed by atoms with Crippen LogP contribution in [0.15, 0.2) is 72.1 Å². The van der Waals surface area contributed by atoms with Gasteiger partial charge in [-0.05, 0) is 46.9 Å². The lowest BCUT2D eigenvalue weighted by Crippen LogP contribution is -2.43. The van der Waals surface area contributed by atoms with Crippen molar-refractivity contribution in [2.24, 2.45) is 0 Å². The highest BCUT2D eigenvalue weighted by molar-refractivity contribution is 7.80. The smallest absolute Gasteiger partial charge is 0.239 e. The van der Waals surface area contributed by atoms with Crippen molar-refractivity contribution in [1.82, 2.24) is 15.5 Å². The number of nitrogens with zero attached hydrogens (tertiary/aromatic N) is 1. The Labute approximate surface area is 186 Å². The van der Waals surface area contributed by atoms with Crippen LogP contribution < -0.4 is 15.4 Å². The summed E-state index contributed by atoms with van der Waals surface area (Å²) >= 11 is 7.29. The van der Waals surface area contributed by atoms with E-state index in [2.05, 4.69) is 39.1 Å². The molecule has 3 rings (SSSR count). The zero-order valence-corrected chi connectivity index (χ0v) is 18.5. The summed E-state index contributed by atoms with van der Waals surface area (Å²) < 4.78 is 5.15. The summed E-state index contributed by atoms with van der Waals surface area (Å²) in [6.07, 6.45) is 0. The van der Waals surface area contributed by atoms with Gasteiger partial charge in [0.1, 0.15) is 5.75 Å². The quantitative estimate of drug-likeness (QED) is 0.495. The molecule has 0 spiro atoms. The number of nitrogens with one attached hydrogen (secondary N) is 2. The lowest BCUT2D eigenvalue weighted by molar-refractivity contribution is -0.120. The van der Waals surface area contributed by atoms with Gasteiger partial charge in [0.25, 0.3) is 0 Å². The molecule has 1 amide bonds. The fourth-order valence-corrected chi connectivity index (χ4v) is 3.79. The number of amides is 1. The lowest BCUT2D eigenvalue weighted by atomic mass is 10.2. The van der Waals surface area contributed by atoms with Gasteiger partial charge in [-0.25, -0.2) is 0 Å². The fourth-order valence-electron chi connectivity index (χ4n) is 2.87. The Balaban J connectivity index is 1.51. The number of benzene rings is 2. The van der Waals surface area contributed by atoms with Gasteiger partial charge < -0.3 is 20.3 Å². The number of rotatable bonds is 9. The maximum atomic E-state index is 12.3. The highest BCUT2D eigenvalue weighted by atomic mass is 32.1. The normalized spacial score (nSPS) is 10.3. The van der Waals surface area contributed by atoms with E-state index >= 15 is 0 Å². The Kier molecular flexibility index (Phi) is 8.23. The van der Waals surface area contributed by atoms with Gasteiger partial charge in [0.15, 0.2) is 5.11 Å². The molecule has 0 saturated carbocycles. The monoisotopic (exact) mass is 439 g/mol. The van der Waals surface area contributed by atoms with Crippen LogP contribution in [0.2, 0.25) is 0 Å². The average molecular weight is 440 g/mol. The van der Waals surface area contributed by atoms with Crippen LogP contribution in [0.1, 0.15) is 16.0 Å². The van der Waals surface area contributed by atoms with Crippen LogP contribution in [0.25, 0.3) is 0 Å². The van der Waals surface area contributed by atoms with Crippen molar-refractivity contribution in [3.05, 3.63) is 88.1 Å². The average Bonchev–Trinajstić information content (AvgIpc) is 3.30. The third kappa shape index (κ3) is 6.86. The minimum absolute atomic E-state index is 0.107. The van der Waals surface area contributed by atoms with Gasteiger partial charge in [0.2, 0.25) is 5.91 Å². The number of thiophene rings is 1. The van der Waals surface area contributed by atoms with Gasteiger partial charge >= 0.3 is 0 Å². The fraction of sp³-hybridized carbons (Fsp3) is 0.217. The van der Waals surface area contributed by atoms with Crippen molar-refractivity contribution in [2.45, 2.75) is 19.6 Å². The summed E-state index contributed by atoms with van der Waals surface area (Å²) in [7, 11) is 1.63. The van der Waals surface area contributed by atoms with Crippen LogP contribution in [0.4, 0.5) is 0 Å². The standard InChI is InChI=1S/C23H25N3O2S2/c1-28-20-11-9-18(10-12-20)14-24-22(27)15-25-23(29)26(17-21-8-5-13-30-21)16-19-6-3-2-4-7-19/h2-13H,14-17H2,1H3,(H,24,27)(H,25,29). The van der Waals surface area contributed by atoms with Gasteiger partial charge in [0, 0.05) is 18.0 Å². The molecule has 7 heteroatoms. The van der Waals surface area contributed by atoms with E-state index in [1.807, 2.05) is 48.5 Å². The highest BCUT2D eigenvalue weighted by Crippen LogP contribution is 2.15. The van der Waals surface area contributed by atoms with Gasteiger partial charge in [0.05, 0.1) is 20.2 Å². The Bertz CT molecular complexity index is 929. The van der Waals surface area contributed by atoms with Crippen molar-refractivity contribution in [1.29, 1.82) is 0 Å². The van der Waals surface area contributed by atoms with E-state index in [0.29, 0.717) is 24.7 Å². The lowest BCUT2D eigenvalue weighted by Gasteiger charge is -2.25. The molecule has 0 aliphatic heterocycles. The van der Waals surface area contributed by atoms with E-state index in [-0.39, 0.29) is 12.5 Å². The summed E-state index contributed by atoms with van der Waals surface area (Å²) in [6.45, 7) is 1.97. The molecule has 2 aromatic carbocycles. The van der Waals surface area contributed by atoms with E-state index < -0.39 is 0 Å². The van der Waals surface area contributed by atoms with Gasteiger partial charge in [-0.2, -0.15) is 0 Å². The molecule has 0 saturated heterocycles. The third-order valence-corrected chi connectivity index (χ3v) is 5.74. The van der Waals surface area contributed by atoms with Crippen molar-refractivity contribution < 1.29 is 9.53 Å². The first-order valence-electron chi connectivity index (χ1n) is 9.63. The molecule has 2 N–H and O–H groups in total. The molecule has 0 aliphatic carbocycles. The molecule has 0 bridgehead atoms. The minimum atomic E-state index is -0.107. The summed E-state index contributed by atoms with van der Waals surface area (Å²) in [4.78, 5) is 15.6. The first kappa shape index (κ1) is 21.8. The topological polar surface area (TPSA) is 53.6 Å². The Hall–Kier alpha value is -2.90. The van der Waals surface area contributed by atoms with Crippen LogP contribution in [0.3, 0.4) is 0 Å². The number of carbonyl (C=O) groups is 1. The summed E-state index contributed by atoms with van der Waals surface area (Å²) in [5, 5.41) is 8.62. The number of methoxy groups -OCH3 is 1.